The molecule has 25 nitrogen and oxygen atoms in total. The molecule has 0 fully saturated rings. The van der Waals surface area contributed by atoms with Crippen LogP contribution in [0.1, 0.15) is 147 Å². The van der Waals surface area contributed by atoms with Crippen molar-refractivity contribution in [1.82, 2.24) is 21.3 Å². The van der Waals surface area contributed by atoms with Crippen molar-refractivity contribution in [2.24, 2.45) is 17.6 Å². The van der Waals surface area contributed by atoms with Crippen molar-refractivity contribution in [2.75, 3.05) is 173 Å². The van der Waals surface area contributed by atoms with Crippen LogP contribution in [0, 0.1) is 11.8 Å². The SMILES string of the molecule is CCCCCCCCCCC(CCCCCCCCCCC(=O)O)C(C(=O)O)C(=O)NCCOCCOCCOCCOCCOCCOCCOCCOCCOCCOCCOCCNC(=O)[C@H](CCC(=O)NC)NC(=O)OCc1ccccc1.CN. The molecule has 3 atom stereocenters. The maximum Gasteiger partial charge on any atom is 0.408 e. The second kappa shape index (κ2) is 66.3. The number of alkyl carbamates (subject to hydrolysis) is 1. The Hall–Kier alpha value is -4.64. The predicted octanol–water partition coefficient (Wildman–Crippen LogP) is 6.63. The lowest BCUT2D eigenvalue weighted by Gasteiger charge is -2.24. The van der Waals surface area contributed by atoms with Crippen molar-refractivity contribution in [1.29, 1.82) is 0 Å². The van der Waals surface area contributed by atoms with Crippen molar-refractivity contribution in [3.63, 3.8) is 0 Å². The number of rotatable bonds is 66. The lowest BCUT2D eigenvalue weighted by atomic mass is 9.82. The summed E-state index contributed by atoms with van der Waals surface area (Å²) in [6.45, 7) is 11.3. The van der Waals surface area contributed by atoms with Crippen LogP contribution >= 0.6 is 0 Å². The van der Waals surface area contributed by atoms with Crippen LogP contribution in [0.4, 0.5) is 4.79 Å². The van der Waals surface area contributed by atoms with Gasteiger partial charge in [0.25, 0.3) is 0 Å². The average Bonchev–Trinajstić information content (AvgIpc) is 3.74. The Morgan fingerprint density at radius 2 is 0.787 bits per heavy atom. The number of nitrogens with two attached hydrogens (primary N) is 1. The maximum absolute atomic E-state index is 13.2. The van der Waals surface area contributed by atoms with Crippen molar-refractivity contribution in [2.45, 2.75) is 154 Å². The summed E-state index contributed by atoms with van der Waals surface area (Å²) >= 11 is 0. The zero-order valence-corrected chi connectivity index (χ0v) is 54.5. The summed E-state index contributed by atoms with van der Waals surface area (Å²) in [5, 5.41) is 29.6. The number of hydrogen-bond donors (Lipinski definition) is 7. The fourth-order valence-electron chi connectivity index (χ4n) is 8.89. The van der Waals surface area contributed by atoms with Crippen LogP contribution in [-0.2, 0) is 87.4 Å². The number of nitrogens with one attached hydrogen (secondary N) is 4. The minimum atomic E-state index is -1.09. The van der Waals surface area contributed by atoms with Gasteiger partial charge in [0.2, 0.25) is 17.7 Å². The first kappa shape index (κ1) is 84.4. The molecule has 25 heteroatoms. The molecular weight excluding hydrogens is 1160 g/mol. The molecule has 518 valence electrons. The number of carbonyl (C=O) groups is 6. The quantitative estimate of drug-likeness (QED) is 0.0266. The Morgan fingerprint density at radius 3 is 1.15 bits per heavy atom. The molecule has 1 aromatic carbocycles. The first-order valence-corrected chi connectivity index (χ1v) is 32.7. The standard InChI is InChI=1S/C63H112N4O20.CH5N/c1-3-4-5-6-7-10-13-19-24-55(25-20-14-11-8-9-12-15-21-26-58(69)70)59(62(73)74)61(72)66-30-32-77-34-36-79-38-40-81-42-44-83-46-48-85-50-52-86-51-49-84-47-45-82-43-41-80-39-37-78-35-33-76-31-29-65-60(71)56(27-28-57(68)64-2)67-63(75)87-53-54-22-17-16-18-23-54;1-2/h16-18,22-23,55-56,59H,3-15,19-21,24-53H2,1-2H3,(H,64,68)(H,65,71)(H,66,72)(H,67,75)(H,69,70)(H,73,74);2H2,1H3/t55?,56-,59?;/m0./s1. The minimum absolute atomic E-state index is 0.0489. The number of unbranched alkanes of at least 4 members (excludes halogenated alkanes) is 14. The molecule has 4 amide bonds. The molecule has 0 aliphatic heterocycles. The number of hydrogen-bond acceptors (Lipinski definition) is 19. The minimum Gasteiger partial charge on any atom is -0.481 e. The van der Waals surface area contributed by atoms with Gasteiger partial charge in [-0.2, -0.15) is 0 Å². The Morgan fingerprint density at radius 1 is 0.438 bits per heavy atom. The second-order valence-electron chi connectivity index (χ2n) is 20.9. The summed E-state index contributed by atoms with van der Waals surface area (Å²) < 4.78 is 66.2. The van der Waals surface area contributed by atoms with Crippen LogP contribution in [0.3, 0.4) is 0 Å². The molecule has 0 aliphatic rings. The highest BCUT2D eigenvalue weighted by Crippen LogP contribution is 2.27. The van der Waals surface area contributed by atoms with Gasteiger partial charge in [0, 0.05) is 33.0 Å². The second-order valence-corrected chi connectivity index (χ2v) is 20.9. The molecule has 0 saturated heterocycles. The van der Waals surface area contributed by atoms with Gasteiger partial charge < -0.3 is 94.1 Å². The van der Waals surface area contributed by atoms with Gasteiger partial charge in [-0.15, -0.1) is 0 Å². The van der Waals surface area contributed by atoms with Gasteiger partial charge in [-0.25, -0.2) is 4.79 Å². The molecular formula is C64H117N5O20. The van der Waals surface area contributed by atoms with Gasteiger partial charge >= 0.3 is 18.0 Å². The molecule has 2 unspecified atom stereocenters. The van der Waals surface area contributed by atoms with Crippen LogP contribution in [0.25, 0.3) is 0 Å². The van der Waals surface area contributed by atoms with E-state index in [1.165, 1.54) is 46.2 Å². The van der Waals surface area contributed by atoms with Gasteiger partial charge in [-0.1, -0.05) is 134 Å². The molecule has 0 spiro atoms. The van der Waals surface area contributed by atoms with E-state index >= 15 is 0 Å². The smallest absolute Gasteiger partial charge is 0.408 e. The molecule has 8 N–H and O–H groups in total. The Bertz CT molecular complexity index is 1800. The number of ether oxygens (including phenoxy) is 12. The molecule has 1 aromatic rings. The summed E-state index contributed by atoms with van der Waals surface area (Å²) in [5.74, 6) is -4.27. The topological polar surface area (TPSA) is 328 Å². The van der Waals surface area contributed by atoms with Crippen LogP contribution in [0.5, 0.6) is 0 Å². The van der Waals surface area contributed by atoms with E-state index in [0.29, 0.717) is 139 Å². The average molecular weight is 1280 g/mol. The van der Waals surface area contributed by atoms with E-state index in [2.05, 4.69) is 33.9 Å². The van der Waals surface area contributed by atoms with E-state index in [1.54, 1.807) is 0 Å². The normalized spacial score (nSPS) is 12.1. The molecule has 0 aromatic heterocycles. The van der Waals surface area contributed by atoms with E-state index in [-0.39, 0.29) is 64.0 Å². The number of benzene rings is 1. The van der Waals surface area contributed by atoms with E-state index in [0.717, 1.165) is 82.6 Å². The Kier molecular flexibility index (Phi) is 62.8. The highest BCUT2D eigenvalue weighted by Gasteiger charge is 2.34. The van der Waals surface area contributed by atoms with Crippen molar-refractivity contribution in [3.8, 4) is 0 Å². The fraction of sp³-hybridized carbons (Fsp3) is 0.812. The van der Waals surface area contributed by atoms with E-state index < -0.39 is 41.8 Å². The Balaban J connectivity index is 0.0000383. The van der Waals surface area contributed by atoms with Crippen LogP contribution in [0.2, 0.25) is 0 Å². The van der Waals surface area contributed by atoms with E-state index in [4.69, 9.17) is 61.9 Å². The first-order chi connectivity index (χ1) is 43.6. The third-order valence-electron chi connectivity index (χ3n) is 13.7. The third-order valence-corrected chi connectivity index (χ3v) is 13.7. The summed E-state index contributed by atoms with van der Waals surface area (Å²) in [6, 6.07) is 8.19. The first-order valence-electron chi connectivity index (χ1n) is 32.7. The van der Waals surface area contributed by atoms with E-state index in [1.807, 2.05) is 30.3 Å². The van der Waals surface area contributed by atoms with Crippen molar-refractivity contribution < 1.29 is 95.8 Å². The number of carboxylic acid groups (broad SMARTS) is 2. The fourth-order valence-corrected chi connectivity index (χ4v) is 8.89. The number of amides is 4. The summed E-state index contributed by atoms with van der Waals surface area (Å²) in [6.07, 6.45) is 18.1. The highest BCUT2D eigenvalue weighted by molar-refractivity contribution is 5.97. The molecule has 0 radical (unpaired) electrons. The zero-order chi connectivity index (χ0) is 65.1. The predicted molar refractivity (Wildman–Crippen MR) is 338 cm³/mol. The third kappa shape index (κ3) is 57.0. The van der Waals surface area contributed by atoms with Crippen molar-refractivity contribution >= 4 is 35.8 Å². The molecule has 1 rings (SSSR count). The lowest BCUT2D eigenvalue weighted by molar-refractivity contribution is -0.150. The largest absolute Gasteiger partial charge is 0.481 e. The number of carbonyl (C=O) groups excluding carboxylic acids is 4. The Labute approximate surface area is 531 Å². The monoisotopic (exact) mass is 1280 g/mol. The van der Waals surface area contributed by atoms with Gasteiger partial charge in [0.1, 0.15) is 18.6 Å². The molecule has 0 heterocycles. The highest BCUT2D eigenvalue weighted by atomic mass is 16.6. The van der Waals surface area contributed by atoms with Crippen LogP contribution in [0.15, 0.2) is 30.3 Å². The summed E-state index contributed by atoms with van der Waals surface area (Å²) in [4.78, 5) is 73.3. The number of aliphatic carboxylic acids is 2. The van der Waals surface area contributed by atoms with Gasteiger partial charge in [-0.05, 0) is 44.2 Å². The maximum atomic E-state index is 13.2. The molecule has 0 saturated carbocycles. The number of carboxylic acids is 2. The van der Waals surface area contributed by atoms with Gasteiger partial charge in [0.05, 0.1) is 145 Å². The molecule has 89 heavy (non-hydrogen) atoms. The van der Waals surface area contributed by atoms with Crippen LogP contribution < -0.4 is 27.0 Å². The van der Waals surface area contributed by atoms with Crippen molar-refractivity contribution in [3.05, 3.63) is 35.9 Å². The molecule has 0 bridgehead atoms. The van der Waals surface area contributed by atoms with Gasteiger partial charge in [-0.3, -0.25) is 24.0 Å². The van der Waals surface area contributed by atoms with E-state index in [9.17, 15) is 33.9 Å². The zero-order valence-electron chi connectivity index (χ0n) is 54.5. The van der Waals surface area contributed by atoms with Crippen LogP contribution in [-0.4, -0.2) is 225 Å². The summed E-state index contributed by atoms with van der Waals surface area (Å²) in [7, 11) is 3.00. The lowest BCUT2D eigenvalue weighted by Crippen LogP contribution is -2.48. The molecule has 0 aliphatic carbocycles. The van der Waals surface area contributed by atoms with Gasteiger partial charge in [0.15, 0.2) is 0 Å². The summed E-state index contributed by atoms with van der Waals surface area (Å²) in [5.41, 5.74) is 5.30.